The van der Waals surface area contributed by atoms with E-state index in [1.54, 1.807) is 28.1 Å². The van der Waals surface area contributed by atoms with Gasteiger partial charge >= 0.3 is 0 Å². The Morgan fingerprint density at radius 3 is 2.47 bits per heavy atom. The third kappa shape index (κ3) is 3.30. The second kappa shape index (κ2) is 5.32. The highest BCUT2D eigenvalue weighted by Crippen LogP contribution is 2.22. The maximum atomic E-state index is 12.1. The van der Waals surface area contributed by atoms with Crippen LogP contribution in [0.5, 0.6) is 5.75 Å². The molecule has 3 nitrogen and oxygen atoms in total. The number of Topliss-reactive ketones (excluding diaryl/α,β-unsaturated/α-hetero) is 1. The van der Waals surface area contributed by atoms with Crippen molar-refractivity contribution in [2.75, 3.05) is 14.2 Å². The molecule has 0 aliphatic heterocycles. The van der Waals surface area contributed by atoms with E-state index in [2.05, 4.69) is 0 Å². The molecule has 3 heteroatoms. The normalized spacial score (nSPS) is 11.4. The predicted molar refractivity (Wildman–Crippen MR) is 67.5 cm³/mol. The van der Waals surface area contributed by atoms with Gasteiger partial charge in [-0.3, -0.25) is 4.79 Å². The van der Waals surface area contributed by atoms with Crippen LogP contribution in [-0.4, -0.2) is 25.6 Å². The van der Waals surface area contributed by atoms with Gasteiger partial charge in [0, 0.05) is 19.1 Å². The fraction of sp³-hybridized carbons (Fsp3) is 0.500. The topological polar surface area (TPSA) is 35.5 Å². The first-order valence-corrected chi connectivity index (χ1v) is 5.62. The largest absolute Gasteiger partial charge is 0.496 e. The fourth-order valence-corrected chi connectivity index (χ4v) is 1.55. The van der Waals surface area contributed by atoms with Crippen molar-refractivity contribution in [3.63, 3.8) is 0 Å². The Morgan fingerprint density at radius 1 is 1.29 bits per heavy atom. The molecule has 0 amide bonds. The molecule has 0 saturated heterocycles. The van der Waals surface area contributed by atoms with Gasteiger partial charge in [0.05, 0.1) is 7.11 Å². The number of aryl methyl sites for hydroxylation is 1. The molecule has 0 aliphatic carbocycles. The minimum absolute atomic E-state index is 0.0453. The molecule has 1 rings (SSSR count). The standard InChI is InChI=1S/C14H20O3/c1-10-6-7-12(16-4)11(8-10)9-13(15)14(2,3)17-5/h6-8H,9H2,1-5H3. The van der Waals surface area contributed by atoms with Gasteiger partial charge in [-0.25, -0.2) is 0 Å². The molecular weight excluding hydrogens is 216 g/mol. The lowest BCUT2D eigenvalue weighted by molar-refractivity contribution is -0.136. The maximum Gasteiger partial charge on any atom is 0.168 e. The van der Waals surface area contributed by atoms with Crippen LogP contribution in [0.3, 0.4) is 0 Å². The van der Waals surface area contributed by atoms with Crippen molar-refractivity contribution >= 4 is 5.78 Å². The molecule has 1 aromatic rings. The molecular formula is C14H20O3. The van der Waals surface area contributed by atoms with Crippen LogP contribution in [0.1, 0.15) is 25.0 Å². The molecule has 0 saturated carbocycles. The first kappa shape index (κ1) is 13.7. The van der Waals surface area contributed by atoms with Gasteiger partial charge in [-0.2, -0.15) is 0 Å². The number of benzene rings is 1. The van der Waals surface area contributed by atoms with Crippen molar-refractivity contribution in [1.29, 1.82) is 0 Å². The Morgan fingerprint density at radius 2 is 1.94 bits per heavy atom. The zero-order valence-corrected chi connectivity index (χ0v) is 11.2. The zero-order valence-electron chi connectivity index (χ0n) is 11.2. The van der Waals surface area contributed by atoms with Crippen molar-refractivity contribution in [3.05, 3.63) is 29.3 Å². The van der Waals surface area contributed by atoms with Crippen LogP contribution in [0.25, 0.3) is 0 Å². The van der Waals surface area contributed by atoms with Crippen LogP contribution in [0.15, 0.2) is 18.2 Å². The van der Waals surface area contributed by atoms with Crippen LogP contribution in [-0.2, 0) is 16.0 Å². The van der Waals surface area contributed by atoms with E-state index in [1.807, 2.05) is 25.1 Å². The fourth-order valence-electron chi connectivity index (χ4n) is 1.55. The summed E-state index contributed by atoms with van der Waals surface area (Å²) < 4.78 is 10.4. The molecule has 0 N–H and O–H groups in total. The summed E-state index contributed by atoms with van der Waals surface area (Å²) in [6.07, 6.45) is 0.325. The van der Waals surface area contributed by atoms with Gasteiger partial charge in [-0.15, -0.1) is 0 Å². The third-order valence-corrected chi connectivity index (χ3v) is 2.97. The summed E-state index contributed by atoms with van der Waals surface area (Å²) in [5.41, 5.74) is 1.26. The summed E-state index contributed by atoms with van der Waals surface area (Å²) >= 11 is 0. The molecule has 0 atom stereocenters. The van der Waals surface area contributed by atoms with E-state index in [-0.39, 0.29) is 5.78 Å². The monoisotopic (exact) mass is 236 g/mol. The summed E-state index contributed by atoms with van der Waals surface area (Å²) in [6.45, 7) is 5.55. The molecule has 1 aromatic carbocycles. The first-order valence-electron chi connectivity index (χ1n) is 5.62. The summed E-state index contributed by atoms with van der Waals surface area (Å²) in [7, 11) is 3.16. The Bertz CT molecular complexity index is 408. The van der Waals surface area contributed by atoms with Gasteiger partial charge in [0.15, 0.2) is 5.78 Å². The molecule has 94 valence electrons. The summed E-state index contributed by atoms with van der Waals surface area (Å²) in [6, 6.07) is 5.83. The van der Waals surface area contributed by atoms with Crippen LogP contribution in [0.4, 0.5) is 0 Å². The van der Waals surface area contributed by atoms with Crippen molar-refractivity contribution in [3.8, 4) is 5.75 Å². The summed E-state index contributed by atoms with van der Waals surface area (Å²) in [4.78, 5) is 12.1. The van der Waals surface area contributed by atoms with Crippen molar-refractivity contribution in [1.82, 2.24) is 0 Å². The quantitative estimate of drug-likeness (QED) is 0.788. The van der Waals surface area contributed by atoms with Crippen molar-refractivity contribution < 1.29 is 14.3 Å². The number of rotatable bonds is 5. The molecule has 0 spiro atoms. The molecule has 0 bridgehead atoms. The molecule has 0 fully saturated rings. The van der Waals surface area contributed by atoms with E-state index in [1.165, 1.54) is 0 Å². The lowest BCUT2D eigenvalue weighted by Gasteiger charge is -2.21. The third-order valence-electron chi connectivity index (χ3n) is 2.97. The number of methoxy groups -OCH3 is 2. The SMILES string of the molecule is COc1ccc(C)cc1CC(=O)C(C)(C)OC. The number of ether oxygens (including phenoxy) is 2. The van der Waals surface area contributed by atoms with Crippen LogP contribution in [0, 0.1) is 6.92 Å². The van der Waals surface area contributed by atoms with Gasteiger partial charge in [0.1, 0.15) is 11.4 Å². The van der Waals surface area contributed by atoms with Crippen LogP contribution >= 0.6 is 0 Å². The van der Waals surface area contributed by atoms with Gasteiger partial charge in [-0.1, -0.05) is 17.7 Å². The molecule has 0 aromatic heterocycles. The lowest BCUT2D eigenvalue weighted by atomic mass is 9.95. The second-order valence-corrected chi connectivity index (χ2v) is 4.63. The van der Waals surface area contributed by atoms with Gasteiger partial charge in [0.2, 0.25) is 0 Å². The Labute approximate surface area is 103 Å². The molecule has 17 heavy (non-hydrogen) atoms. The number of hydrogen-bond acceptors (Lipinski definition) is 3. The van der Waals surface area contributed by atoms with Crippen LogP contribution < -0.4 is 4.74 Å². The minimum Gasteiger partial charge on any atom is -0.496 e. The van der Waals surface area contributed by atoms with Gasteiger partial charge in [-0.05, 0) is 26.8 Å². The van der Waals surface area contributed by atoms with E-state index in [0.717, 1.165) is 16.9 Å². The number of carbonyl (C=O) groups excluding carboxylic acids is 1. The van der Waals surface area contributed by atoms with Crippen molar-refractivity contribution in [2.24, 2.45) is 0 Å². The van der Waals surface area contributed by atoms with E-state index in [9.17, 15) is 4.79 Å². The van der Waals surface area contributed by atoms with E-state index >= 15 is 0 Å². The summed E-state index contributed by atoms with van der Waals surface area (Å²) in [5.74, 6) is 0.791. The predicted octanol–water partition coefficient (Wildman–Crippen LogP) is 2.54. The Hall–Kier alpha value is -1.35. The maximum absolute atomic E-state index is 12.1. The highest BCUT2D eigenvalue weighted by atomic mass is 16.5. The Balaban J connectivity index is 2.95. The number of carbonyl (C=O) groups is 1. The molecule has 0 radical (unpaired) electrons. The highest BCUT2D eigenvalue weighted by Gasteiger charge is 2.27. The number of ketones is 1. The molecule has 0 heterocycles. The molecule has 0 unspecified atom stereocenters. The van der Waals surface area contributed by atoms with Gasteiger partial charge in [0.25, 0.3) is 0 Å². The first-order chi connectivity index (χ1) is 7.90. The van der Waals surface area contributed by atoms with E-state index < -0.39 is 5.60 Å². The lowest BCUT2D eigenvalue weighted by Crippen LogP contribution is -2.35. The number of hydrogen-bond donors (Lipinski definition) is 0. The van der Waals surface area contributed by atoms with E-state index in [0.29, 0.717) is 6.42 Å². The summed E-state index contributed by atoms with van der Waals surface area (Å²) in [5, 5.41) is 0. The molecule has 0 aliphatic rings. The van der Waals surface area contributed by atoms with Crippen molar-refractivity contribution in [2.45, 2.75) is 32.8 Å². The average molecular weight is 236 g/mol. The Kier molecular flexibility index (Phi) is 4.29. The minimum atomic E-state index is -0.755. The zero-order chi connectivity index (χ0) is 13.1. The van der Waals surface area contributed by atoms with Crippen LogP contribution in [0.2, 0.25) is 0 Å². The smallest absolute Gasteiger partial charge is 0.168 e. The van der Waals surface area contributed by atoms with Gasteiger partial charge < -0.3 is 9.47 Å². The second-order valence-electron chi connectivity index (χ2n) is 4.63. The average Bonchev–Trinajstić information content (AvgIpc) is 2.29. The highest BCUT2D eigenvalue weighted by molar-refractivity contribution is 5.88. The van der Waals surface area contributed by atoms with E-state index in [4.69, 9.17) is 9.47 Å².